The highest BCUT2D eigenvalue weighted by Gasteiger charge is 2.15. The van der Waals surface area contributed by atoms with E-state index < -0.39 is 0 Å². The molecule has 2 unspecified atom stereocenters. The van der Waals surface area contributed by atoms with Gasteiger partial charge in [-0.15, -0.1) is 0 Å². The molecule has 2 bridgehead atoms. The quantitative estimate of drug-likeness (QED) is 0.622. The fourth-order valence-electron chi connectivity index (χ4n) is 2.18. The lowest BCUT2D eigenvalue weighted by Gasteiger charge is -2.14. The van der Waals surface area contributed by atoms with Gasteiger partial charge in [0.25, 0.3) is 0 Å². The molecule has 0 aromatic carbocycles. The van der Waals surface area contributed by atoms with Crippen LogP contribution in [0.25, 0.3) is 0 Å². The molecule has 3 rings (SSSR count). The van der Waals surface area contributed by atoms with Gasteiger partial charge in [0.1, 0.15) is 0 Å². The van der Waals surface area contributed by atoms with Crippen molar-refractivity contribution >= 4 is 0 Å². The lowest BCUT2D eigenvalue weighted by atomic mass is 9.91. The van der Waals surface area contributed by atoms with Crippen LogP contribution < -0.4 is 0 Å². The number of allylic oxidation sites excluding steroid dienone is 5. The monoisotopic (exact) mass is 190 g/mol. The summed E-state index contributed by atoms with van der Waals surface area (Å²) >= 11 is 0. The van der Waals surface area contributed by atoms with Gasteiger partial charge in [-0.3, -0.25) is 0 Å². The third kappa shape index (κ3) is 2.16. The molecule has 0 aromatic heterocycles. The Morgan fingerprint density at radius 1 is 1.29 bits per heavy atom. The molecule has 0 aromatic rings. The topological polar surface area (TPSA) is 20.2 Å². The average molecular weight is 190 g/mol. The maximum atomic E-state index is 9.77. The van der Waals surface area contributed by atoms with Crippen LogP contribution in [0.2, 0.25) is 0 Å². The summed E-state index contributed by atoms with van der Waals surface area (Å²) in [6, 6.07) is 0. The fraction of sp³-hybridized carbons (Fsp3) is 0.538. The number of fused-ring (bicyclic) bond motifs is 6. The number of aliphatic hydroxyl groups excluding tert-OH is 1. The summed E-state index contributed by atoms with van der Waals surface area (Å²) in [7, 11) is 0. The molecule has 0 amide bonds. The molecule has 0 heterocycles. The minimum atomic E-state index is -0.253. The first-order valence-electron chi connectivity index (χ1n) is 5.51. The van der Waals surface area contributed by atoms with Crippen LogP contribution >= 0.6 is 0 Å². The van der Waals surface area contributed by atoms with Crippen LogP contribution in [-0.4, -0.2) is 11.2 Å². The van der Waals surface area contributed by atoms with Crippen LogP contribution in [0.4, 0.5) is 0 Å². The van der Waals surface area contributed by atoms with E-state index in [9.17, 15) is 5.11 Å². The van der Waals surface area contributed by atoms with E-state index in [1.165, 1.54) is 24.0 Å². The molecule has 0 saturated heterocycles. The van der Waals surface area contributed by atoms with E-state index in [2.05, 4.69) is 25.2 Å². The molecule has 3 aliphatic rings. The van der Waals surface area contributed by atoms with E-state index in [1.54, 1.807) is 0 Å². The zero-order valence-corrected chi connectivity index (χ0v) is 8.74. The van der Waals surface area contributed by atoms with Gasteiger partial charge in [0, 0.05) is 0 Å². The van der Waals surface area contributed by atoms with Crippen molar-refractivity contribution in [3.63, 3.8) is 0 Å². The second-order valence-corrected chi connectivity index (χ2v) is 4.40. The summed E-state index contributed by atoms with van der Waals surface area (Å²) in [6.45, 7) is 2.25. The van der Waals surface area contributed by atoms with Crippen LogP contribution in [-0.2, 0) is 0 Å². The molecule has 0 aliphatic heterocycles. The van der Waals surface area contributed by atoms with Gasteiger partial charge in [-0.1, -0.05) is 36.8 Å². The molecule has 1 nitrogen and oxygen atoms in total. The molecular weight excluding hydrogens is 172 g/mol. The first kappa shape index (κ1) is 9.72. The average Bonchev–Trinajstić information content (AvgIpc) is 2.27. The van der Waals surface area contributed by atoms with Gasteiger partial charge < -0.3 is 5.11 Å². The smallest absolute Gasteiger partial charge is 0.0729 e. The van der Waals surface area contributed by atoms with Crippen molar-refractivity contribution in [2.24, 2.45) is 5.92 Å². The molecule has 0 saturated carbocycles. The number of hydrogen-bond acceptors (Lipinski definition) is 1. The highest BCUT2D eigenvalue weighted by molar-refractivity contribution is 5.30. The Labute approximate surface area is 85.8 Å². The molecule has 3 aliphatic carbocycles. The normalized spacial score (nSPS) is 42.1. The van der Waals surface area contributed by atoms with Gasteiger partial charge in [0.05, 0.1) is 6.10 Å². The Morgan fingerprint density at radius 2 is 2.07 bits per heavy atom. The standard InChI is InChI=1S/C13H18O/c1-10-5-6-11-3-2-4-12(10)9-13(14)8-7-11/h2-4,9-10,13-14H,5-8H2,1H3/b4-2-,11-3+,12-9-. The first-order chi connectivity index (χ1) is 6.75. The predicted molar refractivity (Wildman–Crippen MR) is 58.9 cm³/mol. The summed E-state index contributed by atoms with van der Waals surface area (Å²) < 4.78 is 0. The zero-order chi connectivity index (χ0) is 9.97. The molecule has 2 atom stereocenters. The minimum absolute atomic E-state index is 0.253. The summed E-state index contributed by atoms with van der Waals surface area (Å²) in [5.41, 5.74) is 2.79. The third-order valence-corrected chi connectivity index (χ3v) is 3.23. The summed E-state index contributed by atoms with van der Waals surface area (Å²) in [5, 5.41) is 9.77. The highest BCUT2D eigenvalue weighted by Crippen LogP contribution is 2.28. The van der Waals surface area contributed by atoms with Crippen molar-refractivity contribution in [2.75, 3.05) is 0 Å². The summed E-state index contributed by atoms with van der Waals surface area (Å²) in [5.74, 6) is 0.586. The maximum Gasteiger partial charge on any atom is 0.0729 e. The van der Waals surface area contributed by atoms with Crippen LogP contribution in [0.3, 0.4) is 0 Å². The number of hydrogen-bond donors (Lipinski definition) is 1. The van der Waals surface area contributed by atoms with E-state index in [-0.39, 0.29) is 6.10 Å². The fourth-order valence-corrected chi connectivity index (χ4v) is 2.18. The molecule has 1 N–H and O–H groups in total. The lowest BCUT2D eigenvalue weighted by Crippen LogP contribution is -2.04. The van der Waals surface area contributed by atoms with Gasteiger partial charge in [-0.25, -0.2) is 0 Å². The molecule has 76 valence electrons. The molecule has 0 radical (unpaired) electrons. The van der Waals surface area contributed by atoms with Gasteiger partial charge in [-0.05, 0) is 37.2 Å². The van der Waals surface area contributed by atoms with Crippen molar-refractivity contribution in [1.82, 2.24) is 0 Å². The van der Waals surface area contributed by atoms with Crippen LogP contribution in [0, 0.1) is 5.92 Å². The van der Waals surface area contributed by atoms with E-state index >= 15 is 0 Å². The maximum absolute atomic E-state index is 9.77. The second kappa shape index (κ2) is 4.14. The van der Waals surface area contributed by atoms with Gasteiger partial charge in [0.15, 0.2) is 0 Å². The third-order valence-electron chi connectivity index (χ3n) is 3.23. The molecule has 14 heavy (non-hydrogen) atoms. The molecule has 1 heteroatoms. The van der Waals surface area contributed by atoms with E-state index in [4.69, 9.17) is 0 Å². The lowest BCUT2D eigenvalue weighted by molar-refractivity contribution is 0.212. The summed E-state index contributed by atoms with van der Waals surface area (Å²) in [6.07, 6.45) is 12.6. The highest BCUT2D eigenvalue weighted by atomic mass is 16.3. The Balaban J connectivity index is 2.35. The van der Waals surface area contributed by atoms with Crippen molar-refractivity contribution in [3.8, 4) is 0 Å². The van der Waals surface area contributed by atoms with Crippen LogP contribution in [0.15, 0.2) is 35.5 Å². The summed E-state index contributed by atoms with van der Waals surface area (Å²) in [4.78, 5) is 0. The van der Waals surface area contributed by atoms with Gasteiger partial charge in [-0.2, -0.15) is 0 Å². The van der Waals surface area contributed by atoms with Crippen LogP contribution in [0.5, 0.6) is 0 Å². The van der Waals surface area contributed by atoms with Crippen molar-refractivity contribution in [3.05, 3.63) is 35.5 Å². The second-order valence-electron chi connectivity index (χ2n) is 4.40. The van der Waals surface area contributed by atoms with Crippen molar-refractivity contribution < 1.29 is 5.11 Å². The molecule has 0 fully saturated rings. The van der Waals surface area contributed by atoms with Crippen molar-refractivity contribution in [1.29, 1.82) is 0 Å². The Morgan fingerprint density at radius 3 is 2.93 bits per heavy atom. The van der Waals surface area contributed by atoms with E-state index in [1.807, 2.05) is 6.08 Å². The molecular formula is C13H18O. The van der Waals surface area contributed by atoms with Crippen molar-refractivity contribution in [2.45, 2.75) is 38.7 Å². The Hall–Kier alpha value is -0.820. The largest absolute Gasteiger partial charge is 0.389 e. The minimum Gasteiger partial charge on any atom is -0.389 e. The number of aliphatic hydroxyl groups is 1. The SMILES string of the molecule is CC1CC\C2=C/C=C\C1=C\C(O)CC2. The van der Waals surface area contributed by atoms with Crippen LogP contribution in [0.1, 0.15) is 32.6 Å². The van der Waals surface area contributed by atoms with E-state index in [0.29, 0.717) is 5.92 Å². The molecule has 0 spiro atoms. The van der Waals surface area contributed by atoms with Gasteiger partial charge in [0.2, 0.25) is 0 Å². The van der Waals surface area contributed by atoms with E-state index in [0.717, 1.165) is 12.8 Å². The first-order valence-corrected chi connectivity index (χ1v) is 5.51. The number of rotatable bonds is 0. The Bertz CT molecular complexity index is 292. The zero-order valence-electron chi connectivity index (χ0n) is 8.74. The Kier molecular flexibility index (Phi) is 2.87. The van der Waals surface area contributed by atoms with Gasteiger partial charge >= 0.3 is 0 Å². The predicted octanol–water partition coefficient (Wildman–Crippen LogP) is 2.98.